The van der Waals surface area contributed by atoms with Crippen molar-refractivity contribution in [1.82, 2.24) is 25.3 Å². The van der Waals surface area contributed by atoms with E-state index in [1.807, 2.05) is 25.3 Å². The van der Waals surface area contributed by atoms with Gasteiger partial charge in [-0.15, -0.1) is 0 Å². The fraction of sp³-hybridized carbons (Fsp3) is 0.429. The van der Waals surface area contributed by atoms with E-state index in [0.717, 1.165) is 51.4 Å². The largest absolute Gasteiger partial charge is 0.306 e. The Morgan fingerprint density at radius 3 is 2.59 bits per heavy atom. The van der Waals surface area contributed by atoms with Gasteiger partial charge in [0.05, 0.1) is 21.7 Å². The predicted molar refractivity (Wildman–Crippen MR) is 137 cm³/mol. The van der Waals surface area contributed by atoms with Crippen molar-refractivity contribution < 1.29 is 0 Å². The monoisotopic (exact) mass is 471 g/mol. The Morgan fingerprint density at radius 2 is 1.76 bits per heavy atom. The van der Waals surface area contributed by atoms with Crippen molar-refractivity contribution in [2.24, 2.45) is 5.41 Å². The Hall–Kier alpha value is -2.63. The van der Waals surface area contributed by atoms with Crippen molar-refractivity contribution in [2.75, 3.05) is 0 Å². The lowest BCUT2D eigenvalue weighted by Crippen LogP contribution is -2.54. The zero-order chi connectivity index (χ0) is 23.2. The van der Waals surface area contributed by atoms with Crippen molar-refractivity contribution in [1.29, 1.82) is 0 Å². The normalized spacial score (nSPS) is 24.2. The van der Waals surface area contributed by atoms with Crippen LogP contribution in [0.5, 0.6) is 0 Å². The lowest BCUT2D eigenvalue weighted by Gasteiger charge is -2.54. The van der Waals surface area contributed by atoms with Crippen LogP contribution in [0.3, 0.4) is 0 Å². The number of nitrogens with one attached hydrogen (secondary N) is 1. The number of aromatic nitrogens is 4. The van der Waals surface area contributed by atoms with Gasteiger partial charge in [-0.05, 0) is 100 Å². The van der Waals surface area contributed by atoms with Crippen LogP contribution in [0.25, 0.3) is 22.1 Å². The molecule has 4 aromatic heterocycles. The summed E-state index contributed by atoms with van der Waals surface area (Å²) in [6.45, 7) is 2.84. The van der Waals surface area contributed by atoms with Gasteiger partial charge in [0.25, 0.3) is 0 Å². The van der Waals surface area contributed by atoms with Crippen LogP contribution in [0.2, 0.25) is 5.02 Å². The van der Waals surface area contributed by atoms with E-state index in [4.69, 9.17) is 21.6 Å². The van der Waals surface area contributed by atoms with Gasteiger partial charge in [0.15, 0.2) is 5.65 Å². The number of pyridine rings is 4. The van der Waals surface area contributed by atoms with Gasteiger partial charge >= 0.3 is 0 Å². The maximum Gasteiger partial charge on any atom is 0.159 e. The van der Waals surface area contributed by atoms with Crippen molar-refractivity contribution in [2.45, 2.75) is 70.4 Å². The van der Waals surface area contributed by atoms with Gasteiger partial charge in [-0.3, -0.25) is 9.97 Å². The Morgan fingerprint density at radius 1 is 0.941 bits per heavy atom. The first-order valence-electron chi connectivity index (χ1n) is 12.4. The highest BCUT2D eigenvalue weighted by atomic mass is 35.5. The zero-order valence-electron chi connectivity index (χ0n) is 19.6. The third-order valence-corrected chi connectivity index (χ3v) is 8.70. The molecule has 0 saturated heterocycles. The lowest BCUT2D eigenvalue weighted by molar-refractivity contribution is 0.0162. The summed E-state index contributed by atoms with van der Waals surface area (Å²) in [6, 6.07) is 12.3. The van der Waals surface area contributed by atoms with E-state index >= 15 is 0 Å². The summed E-state index contributed by atoms with van der Waals surface area (Å²) in [4.78, 5) is 18.4. The molecule has 3 aliphatic carbocycles. The number of hydrogen-bond acceptors (Lipinski definition) is 5. The minimum absolute atomic E-state index is 0.252. The Labute approximate surface area is 205 Å². The SMILES string of the molecule is Cc1ccc2ncc(Cl)c(CCC34CCC(NCc5ccc6cccnc6n5)(CC3)CC4)c2n1. The molecule has 2 bridgehead atoms. The molecule has 0 radical (unpaired) electrons. The van der Waals surface area contributed by atoms with E-state index in [-0.39, 0.29) is 5.54 Å². The quantitative estimate of drug-likeness (QED) is 0.355. The standard InChI is InChI=1S/C28H30ClN5/c1-19-4-7-24-25(33-19)22(23(29)18-31-24)8-9-27-10-13-28(14-11-27,15-12-27)32-17-21-6-5-20-3-2-16-30-26(20)34-21/h2-7,16,18,32H,8-15,17H2,1H3. The molecule has 174 valence electrons. The second-order valence-corrected chi connectivity index (χ2v) is 10.8. The van der Waals surface area contributed by atoms with Crippen molar-refractivity contribution in [3.63, 3.8) is 0 Å². The topological polar surface area (TPSA) is 63.6 Å². The van der Waals surface area contributed by atoms with Crippen LogP contribution in [0.4, 0.5) is 0 Å². The number of aryl methyl sites for hydroxylation is 2. The fourth-order valence-electron chi connectivity index (χ4n) is 6.09. The van der Waals surface area contributed by atoms with Crippen LogP contribution < -0.4 is 5.32 Å². The van der Waals surface area contributed by atoms with Gasteiger partial charge in [0, 0.05) is 41.1 Å². The molecule has 3 saturated carbocycles. The highest BCUT2D eigenvalue weighted by Gasteiger charge is 2.47. The van der Waals surface area contributed by atoms with Crippen molar-refractivity contribution in [3.05, 3.63) is 70.8 Å². The molecule has 3 fully saturated rings. The first-order valence-corrected chi connectivity index (χ1v) is 12.8. The fourth-order valence-corrected chi connectivity index (χ4v) is 6.33. The molecule has 7 rings (SSSR count). The zero-order valence-corrected chi connectivity index (χ0v) is 20.4. The number of hydrogen-bond donors (Lipinski definition) is 1. The molecule has 0 atom stereocenters. The van der Waals surface area contributed by atoms with Gasteiger partial charge in [-0.1, -0.05) is 11.6 Å². The highest BCUT2D eigenvalue weighted by molar-refractivity contribution is 6.32. The summed E-state index contributed by atoms with van der Waals surface area (Å²) in [6.07, 6.45) is 13.3. The van der Waals surface area contributed by atoms with Gasteiger partial charge in [-0.2, -0.15) is 0 Å². The van der Waals surface area contributed by atoms with Gasteiger partial charge in [0.1, 0.15) is 0 Å². The lowest BCUT2D eigenvalue weighted by atomic mass is 9.55. The summed E-state index contributed by atoms with van der Waals surface area (Å²) in [7, 11) is 0. The molecule has 4 aromatic rings. The van der Waals surface area contributed by atoms with E-state index in [1.54, 1.807) is 6.20 Å². The molecule has 34 heavy (non-hydrogen) atoms. The molecular formula is C28H30ClN5. The van der Waals surface area contributed by atoms with Crippen LogP contribution in [0, 0.1) is 12.3 Å². The molecule has 6 heteroatoms. The molecule has 0 spiro atoms. The average Bonchev–Trinajstić information content (AvgIpc) is 2.88. The summed E-state index contributed by atoms with van der Waals surface area (Å²) >= 11 is 6.61. The van der Waals surface area contributed by atoms with E-state index in [2.05, 4.69) is 39.6 Å². The van der Waals surface area contributed by atoms with E-state index in [9.17, 15) is 0 Å². The van der Waals surface area contributed by atoms with Crippen molar-refractivity contribution >= 4 is 33.7 Å². The summed E-state index contributed by atoms with van der Waals surface area (Å²) < 4.78 is 0. The van der Waals surface area contributed by atoms with E-state index in [1.165, 1.54) is 50.5 Å². The van der Waals surface area contributed by atoms with Crippen LogP contribution in [-0.2, 0) is 13.0 Å². The number of fused-ring (bicyclic) bond motifs is 5. The summed E-state index contributed by atoms with van der Waals surface area (Å²) in [5.41, 5.74) is 6.68. The van der Waals surface area contributed by atoms with Crippen LogP contribution >= 0.6 is 11.6 Å². The Bertz CT molecular complexity index is 1340. The maximum absolute atomic E-state index is 6.61. The summed E-state index contributed by atoms with van der Waals surface area (Å²) in [5, 5.41) is 5.75. The van der Waals surface area contributed by atoms with Gasteiger partial charge in [-0.25, -0.2) is 9.97 Å². The Balaban J connectivity index is 1.12. The molecule has 3 aliphatic rings. The molecule has 5 nitrogen and oxygen atoms in total. The molecule has 0 aromatic carbocycles. The van der Waals surface area contributed by atoms with Crippen LogP contribution in [0.15, 0.2) is 48.8 Å². The van der Waals surface area contributed by atoms with Gasteiger partial charge < -0.3 is 5.32 Å². The second kappa shape index (κ2) is 8.54. The Kier molecular flexibility index (Phi) is 5.50. The highest BCUT2D eigenvalue weighted by Crippen LogP contribution is 2.54. The molecule has 1 N–H and O–H groups in total. The first kappa shape index (κ1) is 21.9. The molecular weight excluding hydrogens is 442 g/mol. The van der Waals surface area contributed by atoms with Crippen molar-refractivity contribution in [3.8, 4) is 0 Å². The smallest absolute Gasteiger partial charge is 0.159 e. The van der Waals surface area contributed by atoms with E-state index in [0.29, 0.717) is 5.41 Å². The van der Waals surface area contributed by atoms with Crippen LogP contribution in [-0.4, -0.2) is 25.5 Å². The minimum atomic E-state index is 0.252. The first-order chi connectivity index (χ1) is 16.5. The summed E-state index contributed by atoms with van der Waals surface area (Å²) in [5.74, 6) is 0. The third kappa shape index (κ3) is 4.05. The van der Waals surface area contributed by atoms with E-state index < -0.39 is 0 Å². The number of halogens is 1. The minimum Gasteiger partial charge on any atom is -0.306 e. The molecule has 0 aliphatic heterocycles. The van der Waals surface area contributed by atoms with Crippen LogP contribution in [0.1, 0.15) is 61.9 Å². The molecule has 0 unspecified atom stereocenters. The molecule has 4 heterocycles. The third-order valence-electron chi connectivity index (χ3n) is 8.38. The second-order valence-electron chi connectivity index (χ2n) is 10.4. The molecule has 0 amide bonds. The maximum atomic E-state index is 6.61. The average molecular weight is 472 g/mol. The number of rotatable bonds is 6. The predicted octanol–water partition coefficient (Wildman–Crippen LogP) is 6.35. The number of nitrogens with zero attached hydrogens (tertiary/aromatic N) is 4. The van der Waals surface area contributed by atoms with Gasteiger partial charge in [0.2, 0.25) is 0 Å².